The Labute approximate surface area is 193 Å². The first kappa shape index (κ1) is 23.4. The number of aryl methyl sites for hydroxylation is 1. The van der Waals surface area contributed by atoms with Gasteiger partial charge >= 0.3 is 0 Å². The summed E-state index contributed by atoms with van der Waals surface area (Å²) in [6.45, 7) is 3.90. The molecule has 0 atom stereocenters. The van der Waals surface area contributed by atoms with Gasteiger partial charge in [-0.05, 0) is 74.0 Å². The van der Waals surface area contributed by atoms with Gasteiger partial charge in [-0.25, -0.2) is 0 Å². The van der Waals surface area contributed by atoms with Crippen molar-refractivity contribution in [3.8, 4) is 17.5 Å². The van der Waals surface area contributed by atoms with E-state index in [4.69, 9.17) is 4.74 Å². The molecule has 1 N–H and O–H groups in total. The van der Waals surface area contributed by atoms with Gasteiger partial charge in [0.15, 0.2) is 0 Å². The van der Waals surface area contributed by atoms with Crippen LogP contribution >= 0.6 is 0 Å². The normalized spacial score (nSPS) is 11.0. The highest BCUT2D eigenvalue weighted by atomic mass is 16.5. The molecule has 7 nitrogen and oxygen atoms in total. The Hall–Kier alpha value is -4.31. The average Bonchev–Trinajstić information content (AvgIpc) is 3.09. The Bertz CT molecular complexity index is 1260. The van der Waals surface area contributed by atoms with Crippen molar-refractivity contribution in [1.82, 2.24) is 9.47 Å². The number of nitrogens with one attached hydrogen (secondary N) is 1. The number of rotatable bonds is 6. The smallest absolute Gasteiger partial charge is 0.266 e. The Morgan fingerprint density at radius 1 is 1.09 bits per heavy atom. The third-order valence-corrected chi connectivity index (χ3v) is 5.24. The largest absolute Gasteiger partial charge is 0.497 e. The van der Waals surface area contributed by atoms with Crippen LogP contribution < -0.4 is 10.1 Å². The van der Waals surface area contributed by atoms with E-state index in [0.717, 1.165) is 28.4 Å². The Balaban J connectivity index is 1.88. The standard InChI is InChI=1S/C26H26N4O3/c1-17-13-20(18(2)30(17)23-9-11-24(33-5)12-10-23)14-21(16-27)25(31)28-22-8-6-7-19(15-22)26(32)29(3)4/h6-15H,1-5H3,(H,28,31)/b21-14+. The van der Waals surface area contributed by atoms with Crippen LogP contribution in [-0.2, 0) is 4.79 Å². The fraction of sp³-hybridized carbons (Fsp3) is 0.192. The molecule has 2 amide bonds. The number of benzene rings is 2. The lowest BCUT2D eigenvalue weighted by atomic mass is 10.1. The molecule has 0 bridgehead atoms. The van der Waals surface area contributed by atoms with E-state index in [1.54, 1.807) is 51.5 Å². The zero-order chi connectivity index (χ0) is 24.1. The molecule has 3 rings (SSSR count). The lowest BCUT2D eigenvalue weighted by Crippen LogP contribution is -2.22. The molecule has 2 aromatic carbocycles. The lowest BCUT2D eigenvalue weighted by molar-refractivity contribution is -0.112. The maximum Gasteiger partial charge on any atom is 0.266 e. The molecule has 0 aliphatic carbocycles. The van der Waals surface area contributed by atoms with Gasteiger partial charge in [-0.15, -0.1) is 0 Å². The van der Waals surface area contributed by atoms with E-state index < -0.39 is 5.91 Å². The number of hydrogen-bond acceptors (Lipinski definition) is 4. The molecule has 0 saturated carbocycles. The molecule has 0 aliphatic heterocycles. The van der Waals surface area contributed by atoms with Crippen molar-refractivity contribution in [3.63, 3.8) is 0 Å². The zero-order valence-electron chi connectivity index (χ0n) is 19.3. The van der Waals surface area contributed by atoms with Gasteiger partial charge in [0.05, 0.1) is 7.11 Å². The molecular weight excluding hydrogens is 416 g/mol. The molecule has 168 valence electrons. The van der Waals surface area contributed by atoms with Crippen LogP contribution in [0.1, 0.15) is 27.3 Å². The van der Waals surface area contributed by atoms with Crippen molar-refractivity contribution in [2.75, 3.05) is 26.5 Å². The van der Waals surface area contributed by atoms with Gasteiger partial charge in [0.25, 0.3) is 11.8 Å². The number of aromatic nitrogens is 1. The Morgan fingerprint density at radius 3 is 2.39 bits per heavy atom. The first-order valence-electron chi connectivity index (χ1n) is 10.3. The van der Waals surface area contributed by atoms with Crippen molar-refractivity contribution in [2.45, 2.75) is 13.8 Å². The van der Waals surface area contributed by atoms with Crippen LogP contribution in [0.5, 0.6) is 5.75 Å². The van der Waals surface area contributed by atoms with E-state index in [1.165, 1.54) is 4.90 Å². The number of carbonyl (C=O) groups excluding carboxylic acids is 2. The summed E-state index contributed by atoms with van der Waals surface area (Å²) in [5.41, 5.74) is 4.45. The number of hydrogen-bond donors (Lipinski definition) is 1. The summed E-state index contributed by atoms with van der Waals surface area (Å²) in [6, 6.07) is 18.2. The summed E-state index contributed by atoms with van der Waals surface area (Å²) in [5.74, 6) is 0.0513. The molecule has 7 heteroatoms. The van der Waals surface area contributed by atoms with Crippen molar-refractivity contribution in [1.29, 1.82) is 5.26 Å². The summed E-state index contributed by atoms with van der Waals surface area (Å²) in [4.78, 5) is 26.4. The minimum absolute atomic E-state index is 0.0330. The van der Waals surface area contributed by atoms with E-state index in [0.29, 0.717) is 11.3 Å². The predicted molar refractivity (Wildman–Crippen MR) is 128 cm³/mol. The van der Waals surface area contributed by atoms with Crippen LogP contribution in [-0.4, -0.2) is 42.5 Å². The average molecular weight is 443 g/mol. The minimum Gasteiger partial charge on any atom is -0.497 e. The molecule has 0 fully saturated rings. The number of methoxy groups -OCH3 is 1. The summed E-state index contributed by atoms with van der Waals surface area (Å²) in [7, 11) is 4.94. The van der Waals surface area contributed by atoms with E-state index in [-0.39, 0.29) is 11.5 Å². The van der Waals surface area contributed by atoms with Gasteiger partial charge in [0.2, 0.25) is 0 Å². The molecular formula is C26H26N4O3. The van der Waals surface area contributed by atoms with Crippen LogP contribution in [0, 0.1) is 25.2 Å². The number of nitriles is 1. The minimum atomic E-state index is -0.541. The summed E-state index contributed by atoms with van der Waals surface area (Å²) < 4.78 is 7.27. The SMILES string of the molecule is COc1ccc(-n2c(C)cc(/C=C(\C#N)C(=O)Nc3cccc(C(=O)N(C)C)c3)c2C)cc1. The second-order valence-electron chi connectivity index (χ2n) is 7.76. The van der Waals surface area contributed by atoms with E-state index in [1.807, 2.05) is 50.2 Å². The lowest BCUT2D eigenvalue weighted by Gasteiger charge is -2.11. The van der Waals surface area contributed by atoms with Gasteiger partial charge in [0.1, 0.15) is 17.4 Å². The number of amides is 2. The van der Waals surface area contributed by atoms with Crippen molar-refractivity contribution in [2.24, 2.45) is 0 Å². The van der Waals surface area contributed by atoms with Crippen molar-refractivity contribution >= 4 is 23.6 Å². The molecule has 0 radical (unpaired) electrons. The fourth-order valence-corrected chi connectivity index (χ4v) is 3.55. The molecule has 0 saturated heterocycles. The quantitative estimate of drug-likeness (QED) is 0.454. The molecule has 33 heavy (non-hydrogen) atoms. The van der Waals surface area contributed by atoms with Crippen molar-refractivity contribution in [3.05, 3.63) is 82.7 Å². The Kier molecular flexibility index (Phi) is 6.99. The summed E-state index contributed by atoms with van der Waals surface area (Å²) in [5, 5.41) is 12.3. The molecule has 0 spiro atoms. The van der Waals surface area contributed by atoms with E-state index in [9.17, 15) is 14.9 Å². The number of carbonyl (C=O) groups is 2. The first-order chi connectivity index (χ1) is 15.7. The fourth-order valence-electron chi connectivity index (χ4n) is 3.55. The second-order valence-corrected chi connectivity index (χ2v) is 7.76. The highest BCUT2D eigenvalue weighted by molar-refractivity contribution is 6.10. The van der Waals surface area contributed by atoms with Crippen LogP contribution in [0.3, 0.4) is 0 Å². The van der Waals surface area contributed by atoms with Gasteiger partial charge in [-0.3, -0.25) is 9.59 Å². The van der Waals surface area contributed by atoms with Crippen LogP contribution in [0.4, 0.5) is 5.69 Å². The Morgan fingerprint density at radius 2 is 1.79 bits per heavy atom. The number of ether oxygens (including phenoxy) is 1. The topological polar surface area (TPSA) is 87.4 Å². The first-order valence-corrected chi connectivity index (χ1v) is 10.3. The summed E-state index contributed by atoms with van der Waals surface area (Å²) in [6.07, 6.45) is 1.58. The maximum atomic E-state index is 12.8. The van der Waals surface area contributed by atoms with E-state index >= 15 is 0 Å². The third kappa shape index (κ3) is 5.13. The maximum absolute atomic E-state index is 12.8. The molecule has 1 heterocycles. The van der Waals surface area contributed by atoms with Gasteiger partial charge in [-0.1, -0.05) is 6.07 Å². The zero-order valence-corrected chi connectivity index (χ0v) is 19.3. The van der Waals surface area contributed by atoms with Crippen LogP contribution in [0.15, 0.2) is 60.2 Å². The van der Waals surface area contributed by atoms with Crippen molar-refractivity contribution < 1.29 is 14.3 Å². The molecule has 1 aromatic heterocycles. The van der Waals surface area contributed by atoms with Crippen LogP contribution in [0.25, 0.3) is 11.8 Å². The highest BCUT2D eigenvalue weighted by Crippen LogP contribution is 2.24. The van der Waals surface area contributed by atoms with Gasteiger partial charge in [0, 0.05) is 42.4 Å². The highest BCUT2D eigenvalue weighted by Gasteiger charge is 2.15. The van der Waals surface area contributed by atoms with E-state index in [2.05, 4.69) is 9.88 Å². The number of anilines is 1. The van der Waals surface area contributed by atoms with Crippen LogP contribution in [0.2, 0.25) is 0 Å². The number of nitrogens with zero attached hydrogens (tertiary/aromatic N) is 3. The summed E-state index contributed by atoms with van der Waals surface area (Å²) >= 11 is 0. The molecule has 3 aromatic rings. The molecule has 0 aliphatic rings. The van der Waals surface area contributed by atoms with Gasteiger partial charge in [-0.2, -0.15) is 5.26 Å². The predicted octanol–water partition coefficient (Wildman–Crippen LogP) is 4.35. The monoisotopic (exact) mass is 442 g/mol. The second kappa shape index (κ2) is 9.88. The molecule has 0 unspecified atom stereocenters. The third-order valence-electron chi connectivity index (χ3n) is 5.24. The van der Waals surface area contributed by atoms with Gasteiger partial charge < -0.3 is 19.5 Å².